The molecule has 1 rings (SSSR count). The maximum Gasteiger partial charge on any atom is 0.428 e. The smallest absolute Gasteiger partial charge is 0.428 e. The van der Waals surface area contributed by atoms with Gasteiger partial charge in [0.15, 0.2) is 11.6 Å². The van der Waals surface area contributed by atoms with Crippen LogP contribution in [0.1, 0.15) is 25.8 Å². The number of aliphatic carboxylic acids is 1. The topological polar surface area (TPSA) is 66.8 Å². The predicted octanol–water partition coefficient (Wildman–Crippen LogP) is 3.53. The van der Waals surface area contributed by atoms with E-state index in [0.29, 0.717) is 0 Å². The first-order valence-electron chi connectivity index (χ1n) is 6.33. The fraction of sp³-hybridized carbons (Fsp3) is 0.500. The van der Waals surface area contributed by atoms with Crippen LogP contribution in [-0.4, -0.2) is 35.1 Å². The Labute approximate surface area is 134 Å². The van der Waals surface area contributed by atoms with Crippen molar-refractivity contribution in [2.75, 3.05) is 7.11 Å². The molecule has 0 heterocycles. The number of hydrogen-bond donors (Lipinski definition) is 2. The van der Waals surface area contributed by atoms with Crippen LogP contribution in [0.15, 0.2) is 12.1 Å². The van der Waals surface area contributed by atoms with E-state index in [4.69, 9.17) is 21.4 Å². The average molecular weight is 359 g/mol. The van der Waals surface area contributed by atoms with E-state index in [9.17, 15) is 27.5 Å². The number of carboxylic acid groups (broad SMARTS) is 1. The van der Waals surface area contributed by atoms with Crippen molar-refractivity contribution in [3.8, 4) is 5.75 Å². The molecule has 1 aromatic rings. The van der Waals surface area contributed by atoms with Gasteiger partial charge in [0, 0.05) is 12.0 Å². The first kappa shape index (κ1) is 19.5. The second kappa shape index (κ2) is 6.16. The van der Waals surface area contributed by atoms with Crippen molar-refractivity contribution >= 4 is 17.6 Å². The maximum atomic E-state index is 14.0. The molecule has 0 saturated carbocycles. The van der Waals surface area contributed by atoms with Gasteiger partial charge in [-0.25, -0.2) is 9.18 Å². The van der Waals surface area contributed by atoms with Gasteiger partial charge in [-0.2, -0.15) is 13.2 Å². The Bertz CT molecular complexity index is 616. The third-order valence-electron chi connectivity index (χ3n) is 3.50. The molecule has 4 nitrogen and oxygen atoms in total. The third kappa shape index (κ3) is 3.53. The molecule has 2 N–H and O–H groups in total. The van der Waals surface area contributed by atoms with Gasteiger partial charge in [0.2, 0.25) is 0 Å². The van der Waals surface area contributed by atoms with Crippen LogP contribution in [0, 0.1) is 5.82 Å². The monoisotopic (exact) mass is 358 g/mol. The lowest BCUT2D eigenvalue weighted by Gasteiger charge is -2.35. The summed E-state index contributed by atoms with van der Waals surface area (Å²) >= 11 is 5.59. The van der Waals surface area contributed by atoms with Gasteiger partial charge in [-0.3, -0.25) is 0 Å². The summed E-state index contributed by atoms with van der Waals surface area (Å²) in [7, 11) is 1.10. The zero-order valence-electron chi connectivity index (χ0n) is 12.5. The maximum absolute atomic E-state index is 14.0. The fourth-order valence-corrected chi connectivity index (χ4v) is 2.45. The van der Waals surface area contributed by atoms with Gasteiger partial charge < -0.3 is 14.9 Å². The number of halogens is 5. The second-order valence-corrected chi connectivity index (χ2v) is 6.07. The number of rotatable bonds is 5. The highest BCUT2D eigenvalue weighted by Crippen LogP contribution is 2.45. The van der Waals surface area contributed by atoms with Crippen LogP contribution in [-0.2, 0) is 10.2 Å². The van der Waals surface area contributed by atoms with Crippen molar-refractivity contribution in [3.63, 3.8) is 0 Å². The number of alkyl halides is 3. The summed E-state index contributed by atoms with van der Waals surface area (Å²) in [5, 5.41) is 18.1. The van der Waals surface area contributed by atoms with E-state index in [0.717, 1.165) is 13.2 Å². The molecule has 130 valence electrons. The minimum Gasteiger partial charge on any atom is -0.493 e. The molecule has 1 atom stereocenters. The molecule has 0 aliphatic heterocycles. The molecule has 0 bridgehead atoms. The van der Waals surface area contributed by atoms with Gasteiger partial charge in [-0.15, -0.1) is 0 Å². The summed E-state index contributed by atoms with van der Waals surface area (Å²) in [6.07, 6.45) is -6.65. The van der Waals surface area contributed by atoms with Crippen molar-refractivity contribution in [1.29, 1.82) is 0 Å². The van der Waals surface area contributed by atoms with E-state index in [1.165, 1.54) is 19.9 Å². The van der Waals surface area contributed by atoms with Crippen LogP contribution in [0.25, 0.3) is 0 Å². The molecular weight excluding hydrogens is 344 g/mol. The molecule has 0 aliphatic carbocycles. The van der Waals surface area contributed by atoms with E-state index in [2.05, 4.69) is 0 Å². The van der Waals surface area contributed by atoms with E-state index in [1.54, 1.807) is 0 Å². The predicted molar refractivity (Wildman–Crippen MR) is 74.2 cm³/mol. The number of ether oxygens (including phenoxy) is 1. The number of aliphatic hydroxyl groups is 1. The lowest BCUT2D eigenvalue weighted by Crippen LogP contribution is -2.55. The lowest BCUT2D eigenvalue weighted by atomic mass is 9.74. The van der Waals surface area contributed by atoms with Gasteiger partial charge in [-0.1, -0.05) is 31.5 Å². The van der Waals surface area contributed by atoms with Crippen LogP contribution in [0.3, 0.4) is 0 Å². The van der Waals surface area contributed by atoms with Gasteiger partial charge in [0.1, 0.15) is 0 Å². The third-order valence-corrected chi connectivity index (χ3v) is 3.80. The first-order valence-corrected chi connectivity index (χ1v) is 6.70. The zero-order chi connectivity index (χ0) is 18.2. The Morgan fingerprint density at radius 3 is 2.22 bits per heavy atom. The largest absolute Gasteiger partial charge is 0.493 e. The van der Waals surface area contributed by atoms with Crippen molar-refractivity contribution in [2.45, 2.75) is 37.5 Å². The van der Waals surface area contributed by atoms with Crippen molar-refractivity contribution in [2.24, 2.45) is 0 Å². The Hall–Kier alpha value is -1.54. The van der Waals surface area contributed by atoms with Gasteiger partial charge in [0.25, 0.3) is 5.60 Å². The molecule has 0 saturated heterocycles. The normalized spacial score (nSPS) is 15.2. The molecule has 0 aliphatic rings. The number of benzene rings is 1. The molecule has 1 unspecified atom stereocenters. The zero-order valence-corrected chi connectivity index (χ0v) is 13.2. The highest BCUT2D eigenvalue weighted by atomic mass is 35.5. The summed E-state index contributed by atoms with van der Waals surface area (Å²) in [4.78, 5) is 11.0. The van der Waals surface area contributed by atoms with Crippen LogP contribution in [0.5, 0.6) is 5.75 Å². The Morgan fingerprint density at radius 2 is 1.83 bits per heavy atom. The number of hydrogen-bond acceptors (Lipinski definition) is 3. The minimum absolute atomic E-state index is 0.0502. The van der Waals surface area contributed by atoms with Crippen molar-refractivity contribution in [1.82, 2.24) is 0 Å². The Kier molecular flexibility index (Phi) is 5.23. The van der Waals surface area contributed by atoms with Crippen LogP contribution in [0.4, 0.5) is 17.6 Å². The molecular formula is C14H15ClF4O4. The van der Waals surface area contributed by atoms with E-state index in [1.807, 2.05) is 0 Å². The average Bonchev–Trinajstić information content (AvgIpc) is 2.39. The standard InChI is InChI=1S/C14H15ClF4O4/c1-12(2,6-13(22,11(20)21)14(17,18)19)7-4-5-8(15)9(16)10(7)23-3/h4-5,22H,6H2,1-3H3,(H,20,21). The quantitative estimate of drug-likeness (QED) is 0.790. The van der Waals surface area contributed by atoms with E-state index < -0.39 is 41.1 Å². The fourth-order valence-electron chi connectivity index (χ4n) is 2.30. The Balaban J connectivity index is 3.43. The summed E-state index contributed by atoms with van der Waals surface area (Å²) in [5.41, 5.74) is -5.62. The molecule has 0 fully saturated rings. The Morgan fingerprint density at radius 1 is 1.30 bits per heavy atom. The molecule has 0 aromatic heterocycles. The van der Waals surface area contributed by atoms with E-state index >= 15 is 0 Å². The number of methoxy groups -OCH3 is 1. The minimum atomic E-state index is -5.41. The molecule has 9 heteroatoms. The lowest BCUT2D eigenvalue weighted by molar-refractivity contribution is -0.265. The molecule has 23 heavy (non-hydrogen) atoms. The molecule has 0 radical (unpaired) electrons. The number of carboxylic acids is 1. The molecule has 0 amide bonds. The molecule has 1 aromatic carbocycles. The highest BCUT2D eigenvalue weighted by molar-refractivity contribution is 6.30. The first-order chi connectivity index (χ1) is 10.3. The van der Waals surface area contributed by atoms with Crippen molar-refractivity contribution in [3.05, 3.63) is 28.5 Å². The van der Waals surface area contributed by atoms with Crippen molar-refractivity contribution < 1.29 is 37.3 Å². The van der Waals surface area contributed by atoms with Crippen LogP contribution >= 0.6 is 11.6 Å². The van der Waals surface area contributed by atoms with Gasteiger partial charge in [-0.05, 0) is 11.5 Å². The second-order valence-electron chi connectivity index (χ2n) is 5.67. The summed E-state index contributed by atoms with van der Waals surface area (Å²) in [5.74, 6) is -3.82. The summed E-state index contributed by atoms with van der Waals surface area (Å²) < 4.78 is 57.7. The summed E-state index contributed by atoms with van der Waals surface area (Å²) in [6.45, 7) is 2.47. The highest BCUT2D eigenvalue weighted by Gasteiger charge is 2.62. The summed E-state index contributed by atoms with van der Waals surface area (Å²) in [6, 6.07) is 2.34. The van der Waals surface area contributed by atoms with E-state index in [-0.39, 0.29) is 10.6 Å². The SMILES string of the molecule is COc1c(C(C)(C)CC(O)(C(=O)O)C(F)(F)F)ccc(Cl)c1F. The van der Waals surface area contributed by atoms with Crippen LogP contribution < -0.4 is 4.74 Å². The van der Waals surface area contributed by atoms with Gasteiger partial charge in [0.05, 0.1) is 12.1 Å². The number of carbonyl (C=O) groups is 1. The van der Waals surface area contributed by atoms with Gasteiger partial charge >= 0.3 is 12.1 Å². The molecule has 0 spiro atoms. The van der Waals surface area contributed by atoms with Crippen LogP contribution in [0.2, 0.25) is 5.02 Å².